The van der Waals surface area contributed by atoms with Crippen LogP contribution in [0.15, 0.2) is 24.3 Å². The van der Waals surface area contributed by atoms with E-state index in [2.05, 4.69) is 11.9 Å². The van der Waals surface area contributed by atoms with Crippen molar-refractivity contribution in [3.63, 3.8) is 0 Å². The van der Waals surface area contributed by atoms with Gasteiger partial charge >= 0.3 is 6.18 Å². The van der Waals surface area contributed by atoms with E-state index in [0.29, 0.717) is 13.1 Å². The van der Waals surface area contributed by atoms with E-state index in [0.717, 1.165) is 38.4 Å². The normalized spacial score (nSPS) is 26.0. The first-order valence-corrected chi connectivity index (χ1v) is 7.95. The summed E-state index contributed by atoms with van der Waals surface area (Å²) < 4.78 is 39.4. The number of alkyl halides is 3. The largest absolute Gasteiger partial charge is 0.417 e. The molecule has 1 amide bonds. The second-order valence-corrected chi connectivity index (χ2v) is 6.86. The van der Waals surface area contributed by atoms with E-state index in [1.807, 2.05) is 0 Å². The summed E-state index contributed by atoms with van der Waals surface area (Å²) >= 11 is 0. The number of benzene rings is 1. The maximum absolute atomic E-state index is 13.1. The summed E-state index contributed by atoms with van der Waals surface area (Å²) in [6.45, 7) is 3.00. The second kappa shape index (κ2) is 5.82. The van der Waals surface area contributed by atoms with Crippen molar-refractivity contribution in [3.8, 4) is 0 Å². The van der Waals surface area contributed by atoms with Crippen molar-refractivity contribution < 1.29 is 18.0 Å². The Morgan fingerprint density at radius 3 is 2.52 bits per heavy atom. The number of nitrogens with zero attached hydrogens (tertiary/aromatic N) is 2. The summed E-state index contributed by atoms with van der Waals surface area (Å²) in [4.78, 5) is 16.6. The van der Waals surface area contributed by atoms with Crippen LogP contribution in [-0.4, -0.2) is 48.9 Å². The molecule has 1 spiro atoms. The first-order chi connectivity index (χ1) is 10.8. The number of hydrogen-bond donors (Lipinski definition) is 0. The lowest BCUT2D eigenvalue weighted by Crippen LogP contribution is -2.47. The van der Waals surface area contributed by atoms with Gasteiger partial charge in [0.05, 0.1) is 11.1 Å². The first kappa shape index (κ1) is 16.3. The fourth-order valence-electron chi connectivity index (χ4n) is 3.96. The molecule has 0 aromatic heterocycles. The van der Waals surface area contributed by atoms with Gasteiger partial charge in [-0.3, -0.25) is 4.79 Å². The summed E-state index contributed by atoms with van der Waals surface area (Å²) in [6, 6.07) is 5.08. The topological polar surface area (TPSA) is 23.6 Å². The minimum absolute atomic E-state index is 0.0514. The van der Waals surface area contributed by atoms with E-state index in [1.165, 1.54) is 18.2 Å². The highest BCUT2D eigenvalue weighted by Crippen LogP contribution is 2.39. The molecular weight excluding hydrogens is 305 g/mol. The summed E-state index contributed by atoms with van der Waals surface area (Å²) in [6.07, 6.45) is -1.60. The molecule has 2 aliphatic heterocycles. The molecule has 2 aliphatic rings. The smallest absolute Gasteiger partial charge is 0.338 e. The van der Waals surface area contributed by atoms with Gasteiger partial charge in [-0.25, -0.2) is 0 Å². The van der Waals surface area contributed by atoms with Crippen molar-refractivity contribution in [2.75, 3.05) is 33.2 Å². The van der Waals surface area contributed by atoms with Gasteiger partial charge in [0.15, 0.2) is 0 Å². The molecule has 2 fully saturated rings. The molecule has 0 saturated carbocycles. The minimum atomic E-state index is -4.51. The molecule has 2 heterocycles. The number of rotatable bonds is 1. The van der Waals surface area contributed by atoms with Gasteiger partial charge in [0, 0.05) is 25.0 Å². The average molecular weight is 326 g/mol. The molecule has 0 radical (unpaired) electrons. The highest BCUT2D eigenvalue weighted by molar-refractivity contribution is 5.96. The third-order valence-corrected chi connectivity index (χ3v) is 5.04. The van der Waals surface area contributed by atoms with Crippen LogP contribution in [0.3, 0.4) is 0 Å². The Bertz CT molecular complexity index is 598. The molecule has 1 atom stereocenters. The van der Waals surface area contributed by atoms with Crippen LogP contribution in [0.5, 0.6) is 0 Å². The van der Waals surface area contributed by atoms with Gasteiger partial charge in [-0.2, -0.15) is 13.2 Å². The molecule has 0 bridgehead atoms. The van der Waals surface area contributed by atoms with Crippen LogP contribution >= 0.6 is 0 Å². The van der Waals surface area contributed by atoms with Crippen LogP contribution in [0.4, 0.5) is 13.2 Å². The molecule has 126 valence electrons. The van der Waals surface area contributed by atoms with Gasteiger partial charge in [-0.05, 0) is 45.0 Å². The van der Waals surface area contributed by atoms with Gasteiger partial charge in [-0.15, -0.1) is 0 Å². The molecular formula is C17H21F3N2O. The fraction of sp³-hybridized carbons (Fsp3) is 0.588. The zero-order chi connectivity index (χ0) is 16.7. The number of piperidine rings is 1. The van der Waals surface area contributed by atoms with E-state index in [4.69, 9.17) is 0 Å². The molecule has 3 rings (SSSR count). The van der Waals surface area contributed by atoms with E-state index < -0.39 is 17.6 Å². The van der Waals surface area contributed by atoms with Crippen molar-refractivity contribution in [1.29, 1.82) is 0 Å². The van der Waals surface area contributed by atoms with Crippen LogP contribution in [0.25, 0.3) is 0 Å². The van der Waals surface area contributed by atoms with Crippen LogP contribution in [0.1, 0.15) is 35.2 Å². The van der Waals surface area contributed by atoms with Gasteiger partial charge < -0.3 is 9.80 Å². The zero-order valence-electron chi connectivity index (χ0n) is 13.2. The quantitative estimate of drug-likeness (QED) is 0.791. The Morgan fingerprint density at radius 2 is 1.87 bits per heavy atom. The van der Waals surface area contributed by atoms with Crippen molar-refractivity contribution >= 4 is 5.91 Å². The Labute approximate surface area is 134 Å². The van der Waals surface area contributed by atoms with Crippen LogP contribution in [0.2, 0.25) is 0 Å². The van der Waals surface area contributed by atoms with Crippen LogP contribution in [0, 0.1) is 5.41 Å². The lowest BCUT2D eigenvalue weighted by atomic mass is 9.79. The average Bonchev–Trinajstić information content (AvgIpc) is 2.86. The predicted octanol–water partition coefficient (Wildman–Crippen LogP) is 3.26. The second-order valence-electron chi connectivity index (χ2n) is 6.86. The first-order valence-electron chi connectivity index (χ1n) is 7.95. The van der Waals surface area contributed by atoms with E-state index >= 15 is 0 Å². The van der Waals surface area contributed by atoms with Crippen LogP contribution < -0.4 is 0 Å². The number of halogens is 3. The minimum Gasteiger partial charge on any atom is -0.338 e. The molecule has 2 saturated heterocycles. The Kier molecular flexibility index (Phi) is 4.12. The fourth-order valence-corrected chi connectivity index (χ4v) is 3.96. The molecule has 1 aromatic carbocycles. The third-order valence-electron chi connectivity index (χ3n) is 5.04. The lowest BCUT2D eigenvalue weighted by Gasteiger charge is -2.40. The molecule has 1 aromatic rings. The lowest BCUT2D eigenvalue weighted by molar-refractivity contribution is -0.138. The molecule has 0 N–H and O–H groups in total. The van der Waals surface area contributed by atoms with Crippen molar-refractivity contribution in [3.05, 3.63) is 35.4 Å². The SMILES string of the molecule is CN1CC[C@]2(CCCN(C(=O)c3ccccc3C(F)(F)F)C2)C1. The zero-order valence-corrected chi connectivity index (χ0v) is 13.2. The molecule has 6 heteroatoms. The predicted molar refractivity (Wildman–Crippen MR) is 81.1 cm³/mol. The number of hydrogen-bond acceptors (Lipinski definition) is 2. The van der Waals surface area contributed by atoms with Gasteiger partial charge in [0.2, 0.25) is 0 Å². The summed E-state index contributed by atoms with van der Waals surface area (Å²) in [5.74, 6) is -0.494. The maximum atomic E-state index is 13.1. The number of carbonyl (C=O) groups excluding carboxylic acids is 1. The number of carbonyl (C=O) groups is 1. The van der Waals surface area contributed by atoms with E-state index in [1.54, 1.807) is 4.90 Å². The number of amides is 1. The van der Waals surface area contributed by atoms with Gasteiger partial charge in [-0.1, -0.05) is 12.1 Å². The molecule has 0 unspecified atom stereocenters. The highest BCUT2D eigenvalue weighted by Gasteiger charge is 2.43. The third kappa shape index (κ3) is 3.22. The summed E-state index contributed by atoms with van der Waals surface area (Å²) in [5.41, 5.74) is -1.02. The van der Waals surface area contributed by atoms with Crippen molar-refractivity contribution in [2.45, 2.75) is 25.4 Å². The number of likely N-dealkylation sites (tertiary alicyclic amines) is 2. The van der Waals surface area contributed by atoms with Gasteiger partial charge in [0.1, 0.15) is 0 Å². The Morgan fingerprint density at radius 1 is 1.13 bits per heavy atom. The highest BCUT2D eigenvalue weighted by atomic mass is 19.4. The summed E-state index contributed by atoms with van der Waals surface area (Å²) in [7, 11) is 2.05. The molecule has 23 heavy (non-hydrogen) atoms. The molecule has 0 aliphatic carbocycles. The summed E-state index contributed by atoms with van der Waals surface area (Å²) in [5, 5.41) is 0. The Hall–Kier alpha value is -1.56. The van der Waals surface area contributed by atoms with Crippen molar-refractivity contribution in [2.24, 2.45) is 5.41 Å². The van der Waals surface area contributed by atoms with Crippen LogP contribution in [-0.2, 0) is 6.18 Å². The van der Waals surface area contributed by atoms with Crippen molar-refractivity contribution in [1.82, 2.24) is 9.80 Å². The molecule has 3 nitrogen and oxygen atoms in total. The van der Waals surface area contributed by atoms with E-state index in [-0.39, 0.29) is 11.0 Å². The Balaban J connectivity index is 1.84. The van der Waals surface area contributed by atoms with E-state index in [9.17, 15) is 18.0 Å². The standard InChI is InChI=1S/C17H21F3N2O/c1-21-10-8-16(11-21)7-4-9-22(12-16)15(23)13-5-2-3-6-14(13)17(18,19)20/h2-3,5-6H,4,7-12H2,1H3/t16-/m1/s1. The van der Waals surface area contributed by atoms with Gasteiger partial charge in [0.25, 0.3) is 5.91 Å². The monoisotopic (exact) mass is 326 g/mol. The maximum Gasteiger partial charge on any atom is 0.417 e.